The second kappa shape index (κ2) is 8.38. The molecule has 0 fully saturated rings. The van der Waals surface area contributed by atoms with Gasteiger partial charge < -0.3 is 32.2 Å². The topological polar surface area (TPSA) is 176 Å². The van der Waals surface area contributed by atoms with E-state index in [1.54, 1.807) is 0 Å². The normalized spacial score (nSPS) is 12.8. The summed E-state index contributed by atoms with van der Waals surface area (Å²) in [6, 6.07) is -1.29. The minimum atomic E-state index is -1.29. The van der Waals surface area contributed by atoms with E-state index >= 15 is 0 Å². The number of hydrogen-bond donors (Lipinski definition) is 4. The first-order chi connectivity index (χ1) is 5.49. The van der Waals surface area contributed by atoms with Crippen molar-refractivity contribution in [1.82, 2.24) is 5.32 Å². The van der Waals surface area contributed by atoms with Crippen LogP contribution in [0.4, 0.5) is 0 Å². The van der Waals surface area contributed by atoms with Crippen molar-refractivity contribution in [2.75, 3.05) is 6.54 Å². The maximum atomic E-state index is 10.6. The van der Waals surface area contributed by atoms with E-state index in [4.69, 9.17) is 15.9 Å². The summed E-state index contributed by atoms with van der Waals surface area (Å²) in [4.78, 5) is 21.0. The van der Waals surface area contributed by atoms with Crippen LogP contribution in [0.5, 0.6) is 0 Å². The molecule has 86 valence electrons. The van der Waals surface area contributed by atoms with Crippen molar-refractivity contribution in [1.29, 1.82) is 0 Å². The SMILES string of the molecule is C[C@H](O)[C@@H](NC(=O)CN)C(=O)O.O.O. The fourth-order valence-electron chi connectivity index (χ4n) is 0.621. The number of nitrogens with one attached hydrogen (secondary N) is 1. The number of hydrogen-bond acceptors (Lipinski definition) is 4. The highest BCUT2D eigenvalue weighted by atomic mass is 16.4. The first kappa shape index (κ1) is 18.5. The molecule has 14 heavy (non-hydrogen) atoms. The Morgan fingerprint density at radius 1 is 1.43 bits per heavy atom. The Labute approximate surface area is 80.3 Å². The Balaban J connectivity index is -0.000000605. The van der Waals surface area contributed by atoms with Crippen molar-refractivity contribution in [3.63, 3.8) is 0 Å². The lowest BCUT2D eigenvalue weighted by Crippen LogP contribution is -2.49. The molecule has 0 saturated heterocycles. The van der Waals surface area contributed by atoms with Gasteiger partial charge in [-0.25, -0.2) is 4.79 Å². The number of carboxylic acids is 1. The zero-order chi connectivity index (χ0) is 9.72. The van der Waals surface area contributed by atoms with Crippen molar-refractivity contribution in [2.45, 2.75) is 19.1 Å². The summed E-state index contributed by atoms with van der Waals surface area (Å²) in [5, 5.41) is 19.4. The molecule has 8 heteroatoms. The number of aliphatic carboxylic acids is 1. The zero-order valence-electron chi connectivity index (χ0n) is 7.65. The van der Waals surface area contributed by atoms with E-state index in [1.165, 1.54) is 6.92 Å². The summed E-state index contributed by atoms with van der Waals surface area (Å²) in [7, 11) is 0. The average Bonchev–Trinajstić information content (AvgIpc) is 1.98. The summed E-state index contributed by atoms with van der Waals surface area (Å²) < 4.78 is 0. The molecule has 0 heterocycles. The second-order valence-corrected chi connectivity index (χ2v) is 2.33. The Morgan fingerprint density at radius 2 is 1.86 bits per heavy atom. The fourth-order valence-corrected chi connectivity index (χ4v) is 0.621. The molecule has 0 bridgehead atoms. The Bertz CT molecular complexity index is 183. The molecule has 0 rings (SSSR count). The Morgan fingerprint density at radius 3 is 2.07 bits per heavy atom. The lowest BCUT2D eigenvalue weighted by atomic mass is 10.2. The van der Waals surface area contributed by atoms with Gasteiger partial charge in [0.05, 0.1) is 12.6 Å². The van der Waals surface area contributed by atoms with Gasteiger partial charge in [-0.1, -0.05) is 0 Å². The predicted octanol–water partition coefficient (Wildman–Crippen LogP) is -3.75. The molecule has 0 unspecified atom stereocenters. The van der Waals surface area contributed by atoms with E-state index in [9.17, 15) is 9.59 Å². The highest BCUT2D eigenvalue weighted by Crippen LogP contribution is 1.91. The molecule has 0 aliphatic carbocycles. The van der Waals surface area contributed by atoms with E-state index < -0.39 is 24.0 Å². The van der Waals surface area contributed by atoms with E-state index in [-0.39, 0.29) is 17.5 Å². The van der Waals surface area contributed by atoms with E-state index in [1.807, 2.05) is 0 Å². The third-order valence-corrected chi connectivity index (χ3v) is 1.25. The van der Waals surface area contributed by atoms with Crippen molar-refractivity contribution in [3.8, 4) is 0 Å². The lowest BCUT2D eigenvalue weighted by Gasteiger charge is -2.15. The molecule has 1 amide bonds. The molecule has 0 spiro atoms. The van der Waals surface area contributed by atoms with E-state index in [0.29, 0.717) is 0 Å². The van der Waals surface area contributed by atoms with Crippen LogP contribution in [-0.4, -0.2) is 51.7 Å². The van der Waals surface area contributed by atoms with Gasteiger partial charge in [-0.15, -0.1) is 0 Å². The number of amides is 1. The van der Waals surface area contributed by atoms with Crippen LogP contribution in [-0.2, 0) is 9.59 Å². The molecule has 9 N–H and O–H groups in total. The van der Waals surface area contributed by atoms with Crippen LogP contribution in [0.15, 0.2) is 0 Å². The highest BCUT2D eigenvalue weighted by Gasteiger charge is 2.23. The van der Waals surface area contributed by atoms with Crippen LogP contribution in [0, 0.1) is 0 Å². The van der Waals surface area contributed by atoms with Crippen LogP contribution in [0.3, 0.4) is 0 Å². The third-order valence-electron chi connectivity index (χ3n) is 1.25. The lowest BCUT2D eigenvalue weighted by molar-refractivity contribution is -0.144. The summed E-state index contributed by atoms with van der Waals surface area (Å²) >= 11 is 0. The van der Waals surface area contributed by atoms with Gasteiger partial charge in [0.25, 0.3) is 0 Å². The summed E-state index contributed by atoms with van der Waals surface area (Å²) in [6.45, 7) is 0.978. The molecule has 8 nitrogen and oxygen atoms in total. The monoisotopic (exact) mass is 212 g/mol. The van der Waals surface area contributed by atoms with Crippen molar-refractivity contribution >= 4 is 11.9 Å². The van der Waals surface area contributed by atoms with Crippen LogP contribution in [0.25, 0.3) is 0 Å². The van der Waals surface area contributed by atoms with Gasteiger partial charge in [0.2, 0.25) is 5.91 Å². The van der Waals surface area contributed by atoms with Gasteiger partial charge in [-0.05, 0) is 6.92 Å². The number of aliphatic hydroxyl groups excluding tert-OH is 1. The largest absolute Gasteiger partial charge is 0.480 e. The van der Waals surface area contributed by atoms with Crippen LogP contribution >= 0.6 is 0 Å². The molecule has 0 aliphatic rings. The highest BCUT2D eigenvalue weighted by molar-refractivity contribution is 5.84. The minimum absolute atomic E-state index is 0. The molecule has 2 atom stereocenters. The summed E-state index contributed by atoms with van der Waals surface area (Å²) in [5.41, 5.74) is 4.93. The molecule has 0 aromatic carbocycles. The van der Waals surface area contributed by atoms with Gasteiger partial charge >= 0.3 is 5.97 Å². The van der Waals surface area contributed by atoms with Gasteiger partial charge in [0, 0.05) is 0 Å². The Hall–Kier alpha value is -1.22. The Kier molecular flexibility index (Phi) is 11.1. The zero-order valence-corrected chi connectivity index (χ0v) is 7.65. The summed E-state index contributed by atoms with van der Waals surface area (Å²) in [6.07, 6.45) is -1.14. The summed E-state index contributed by atoms with van der Waals surface area (Å²) in [5.74, 6) is -1.89. The number of nitrogens with two attached hydrogens (primary N) is 1. The standard InChI is InChI=1S/C6H12N2O4.2H2O/c1-3(9)5(6(11)12)8-4(10)2-7;;/h3,5,9H,2,7H2,1H3,(H,8,10)(H,11,12);2*1H2/t3-,5+;;/m0../s1. The second-order valence-electron chi connectivity index (χ2n) is 2.33. The third kappa shape index (κ3) is 6.31. The van der Waals surface area contributed by atoms with Gasteiger partial charge in [-0.2, -0.15) is 0 Å². The number of carboxylic acid groups (broad SMARTS) is 1. The maximum Gasteiger partial charge on any atom is 0.328 e. The first-order valence-corrected chi connectivity index (χ1v) is 3.39. The number of carbonyl (C=O) groups is 2. The number of aliphatic hydroxyl groups is 1. The molecule has 0 saturated carbocycles. The van der Waals surface area contributed by atoms with Gasteiger partial charge in [0.1, 0.15) is 0 Å². The molecular formula is C6H16N2O6. The van der Waals surface area contributed by atoms with E-state index in [2.05, 4.69) is 5.32 Å². The molecular weight excluding hydrogens is 196 g/mol. The number of rotatable bonds is 4. The van der Waals surface area contributed by atoms with Crippen molar-refractivity contribution in [3.05, 3.63) is 0 Å². The minimum Gasteiger partial charge on any atom is -0.480 e. The molecule has 0 radical (unpaired) electrons. The van der Waals surface area contributed by atoms with Crippen LogP contribution in [0.1, 0.15) is 6.92 Å². The van der Waals surface area contributed by atoms with Gasteiger partial charge in [-0.3, -0.25) is 4.79 Å². The van der Waals surface area contributed by atoms with Gasteiger partial charge in [0.15, 0.2) is 6.04 Å². The van der Waals surface area contributed by atoms with Crippen molar-refractivity contribution in [2.24, 2.45) is 5.73 Å². The maximum absolute atomic E-state index is 10.6. The first-order valence-electron chi connectivity index (χ1n) is 3.39. The fraction of sp³-hybridized carbons (Fsp3) is 0.667. The molecule has 0 aromatic rings. The smallest absolute Gasteiger partial charge is 0.328 e. The van der Waals surface area contributed by atoms with E-state index in [0.717, 1.165) is 0 Å². The molecule has 0 aliphatic heterocycles. The quantitative estimate of drug-likeness (QED) is 0.373. The molecule has 0 aromatic heterocycles. The van der Waals surface area contributed by atoms with Crippen molar-refractivity contribution < 1.29 is 30.8 Å². The number of carbonyl (C=O) groups excluding carboxylic acids is 1. The van der Waals surface area contributed by atoms with Crippen LogP contribution in [0.2, 0.25) is 0 Å². The average molecular weight is 212 g/mol. The van der Waals surface area contributed by atoms with Crippen LogP contribution < -0.4 is 11.1 Å². The predicted molar refractivity (Wildman–Crippen MR) is 47.5 cm³/mol.